The van der Waals surface area contributed by atoms with Crippen LogP contribution in [0, 0.1) is 0 Å². The highest BCUT2D eigenvalue weighted by molar-refractivity contribution is 6.37. The summed E-state index contributed by atoms with van der Waals surface area (Å²) in [6, 6.07) is 3.77. The third-order valence-corrected chi connectivity index (χ3v) is 2.68. The molecule has 0 aliphatic heterocycles. The lowest BCUT2D eigenvalue weighted by Gasteiger charge is -2.13. The van der Waals surface area contributed by atoms with Crippen molar-refractivity contribution in [1.82, 2.24) is 0 Å². The topological polar surface area (TPSA) is 9.23 Å². The van der Waals surface area contributed by atoms with Crippen molar-refractivity contribution >= 4 is 23.2 Å². The summed E-state index contributed by atoms with van der Waals surface area (Å²) in [5.74, 6) is 0.973. The van der Waals surface area contributed by atoms with E-state index in [1.165, 1.54) is 0 Å². The molecule has 1 aromatic rings. The van der Waals surface area contributed by atoms with Crippen molar-refractivity contribution in [1.29, 1.82) is 0 Å². The number of halogens is 2. The first-order valence-electron chi connectivity index (χ1n) is 4.68. The molecule has 0 aliphatic carbocycles. The average Bonchev–Trinajstić information content (AvgIpc) is 2.11. The van der Waals surface area contributed by atoms with Gasteiger partial charge < -0.3 is 4.74 Å². The summed E-state index contributed by atoms with van der Waals surface area (Å²) in [6.07, 6.45) is 0. The van der Waals surface area contributed by atoms with Crippen LogP contribution in [0.15, 0.2) is 12.1 Å². The molecule has 1 nitrogen and oxygen atoms in total. The molecule has 1 aromatic carbocycles. The van der Waals surface area contributed by atoms with Gasteiger partial charge in [0.05, 0.1) is 16.7 Å². The zero-order valence-electron chi connectivity index (χ0n) is 8.60. The molecule has 0 amide bonds. The van der Waals surface area contributed by atoms with Crippen molar-refractivity contribution < 1.29 is 4.74 Å². The highest BCUT2D eigenvalue weighted by atomic mass is 35.5. The summed E-state index contributed by atoms with van der Waals surface area (Å²) < 4.78 is 5.39. The van der Waals surface area contributed by atoms with Crippen molar-refractivity contribution in [3.63, 3.8) is 0 Å². The minimum absolute atomic E-state index is 0.374. The van der Waals surface area contributed by atoms with E-state index in [1.54, 1.807) is 0 Å². The van der Waals surface area contributed by atoms with Crippen molar-refractivity contribution in [2.45, 2.75) is 26.7 Å². The van der Waals surface area contributed by atoms with E-state index in [0.717, 1.165) is 5.56 Å². The molecular formula is C11H14Cl2O. The van der Waals surface area contributed by atoms with E-state index in [2.05, 4.69) is 13.8 Å². The van der Waals surface area contributed by atoms with Crippen LogP contribution in [-0.4, -0.2) is 6.61 Å². The van der Waals surface area contributed by atoms with E-state index in [-0.39, 0.29) is 0 Å². The normalized spacial score (nSPS) is 10.7. The fourth-order valence-electron chi connectivity index (χ4n) is 1.27. The molecule has 0 aromatic heterocycles. The van der Waals surface area contributed by atoms with Crippen molar-refractivity contribution in [3.8, 4) is 5.75 Å². The molecule has 3 heteroatoms. The van der Waals surface area contributed by atoms with Gasteiger partial charge in [-0.05, 0) is 24.5 Å². The molecule has 0 heterocycles. The second kappa shape index (κ2) is 4.90. The maximum absolute atomic E-state index is 6.18. The Hall–Kier alpha value is -0.400. The summed E-state index contributed by atoms with van der Waals surface area (Å²) in [5, 5.41) is 1.20. The van der Waals surface area contributed by atoms with E-state index < -0.39 is 0 Å². The van der Waals surface area contributed by atoms with Crippen molar-refractivity contribution in [2.24, 2.45) is 0 Å². The van der Waals surface area contributed by atoms with E-state index in [9.17, 15) is 0 Å². The molecule has 0 fully saturated rings. The van der Waals surface area contributed by atoms with E-state index >= 15 is 0 Å². The summed E-state index contributed by atoms with van der Waals surface area (Å²) in [5.41, 5.74) is 1.07. The Balaban J connectivity index is 3.19. The minimum Gasteiger partial charge on any atom is -0.491 e. The highest BCUT2D eigenvalue weighted by Crippen LogP contribution is 2.38. The Morgan fingerprint density at radius 2 is 1.93 bits per heavy atom. The van der Waals surface area contributed by atoms with Gasteiger partial charge >= 0.3 is 0 Å². The van der Waals surface area contributed by atoms with Gasteiger partial charge in [-0.15, -0.1) is 0 Å². The Bertz CT molecular complexity index is 321. The molecule has 0 atom stereocenters. The quantitative estimate of drug-likeness (QED) is 0.745. The molecule has 0 spiro atoms. The molecule has 1 rings (SSSR count). The van der Waals surface area contributed by atoms with Crippen LogP contribution < -0.4 is 4.74 Å². The van der Waals surface area contributed by atoms with E-state index in [0.29, 0.717) is 28.3 Å². The lowest BCUT2D eigenvalue weighted by atomic mass is 10.0. The lowest BCUT2D eigenvalue weighted by molar-refractivity contribution is 0.340. The maximum atomic E-state index is 6.18. The molecule has 14 heavy (non-hydrogen) atoms. The maximum Gasteiger partial charge on any atom is 0.156 e. The van der Waals surface area contributed by atoms with Crippen LogP contribution in [0.5, 0.6) is 5.75 Å². The highest BCUT2D eigenvalue weighted by Gasteiger charge is 2.13. The average molecular weight is 233 g/mol. The monoisotopic (exact) mass is 232 g/mol. The van der Waals surface area contributed by atoms with Crippen LogP contribution in [0.25, 0.3) is 0 Å². The van der Waals surface area contributed by atoms with Crippen LogP contribution in [0.3, 0.4) is 0 Å². The first-order chi connectivity index (χ1) is 6.57. The number of hydrogen-bond donors (Lipinski definition) is 0. The predicted molar refractivity (Wildman–Crippen MR) is 61.7 cm³/mol. The number of ether oxygens (including phenoxy) is 1. The van der Waals surface area contributed by atoms with Gasteiger partial charge in [0.2, 0.25) is 0 Å². The van der Waals surface area contributed by atoms with Crippen LogP contribution in [0.4, 0.5) is 0 Å². The Morgan fingerprint density at radius 3 is 2.43 bits per heavy atom. The second-order valence-corrected chi connectivity index (χ2v) is 4.15. The fraction of sp³-hybridized carbons (Fsp3) is 0.455. The zero-order chi connectivity index (χ0) is 10.7. The van der Waals surface area contributed by atoms with Crippen molar-refractivity contribution in [2.75, 3.05) is 6.61 Å². The summed E-state index contributed by atoms with van der Waals surface area (Å²) >= 11 is 12.2. The first kappa shape index (κ1) is 11.7. The third kappa shape index (κ3) is 2.34. The molecule has 0 aliphatic rings. The van der Waals surface area contributed by atoms with E-state index in [1.807, 2.05) is 19.1 Å². The smallest absolute Gasteiger partial charge is 0.156 e. The molecule has 0 bridgehead atoms. The molecule has 0 saturated carbocycles. The molecule has 0 unspecified atom stereocenters. The number of benzene rings is 1. The van der Waals surface area contributed by atoms with Crippen LogP contribution in [0.1, 0.15) is 32.3 Å². The molecule has 78 valence electrons. The molecular weight excluding hydrogens is 219 g/mol. The Morgan fingerprint density at radius 1 is 1.29 bits per heavy atom. The van der Waals surface area contributed by atoms with Crippen LogP contribution in [0.2, 0.25) is 10.0 Å². The van der Waals surface area contributed by atoms with Gasteiger partial charge in [-0.1, -0.05) is 43.1 Å². The summed E-state index contributed by atoms with van der Waals surface area (Å²) in [7, 11) is 0. The summed E-state index contributed by atoms with van der Waals surface area (Å²) in [6.45, 7) is 6.66. The van der Waals surface area contributed by atoms with Gasteiger partial charge in [-0.3, -0.25) is 0 Å². The SMILES string of the molecule is CCOc1c(Cl)ccc(C(C)C)c1Cl. The second-order valence-electron chi connectivity index (χ2n) is 3.37. The van der Waals surface area contributed by atoms with Gasteiger partial charge in [0, 0.05) is 0 Å². The van der Waals surface area contributed by atoms with Crippen LogP contribution in [-0.2, 0) is 0 Å². The van der Waals surface area contributed by atoms with Crippen LogP contribution >= 0.6 is 23.2 Å². The third-order valence-electron chi connectivity index (χ3n) is 1.99. The Kier molecular flexibility index (Phi) is 4.09. The first-order valence-corrected chi connectivity index (χ1v) is 5.44. The molecule has 0 saturated heterocycles. The lowest BCUT2D eigenvalue weighted by Crippen LogP contribution is -1.97. The zero-order valence-corrected chi connectivity index (χ0v) is 10.1. The molecule has 0 N–H and O–H groups in total. The number of hydrogen-bond acceptors (Lipinski definition) is 1. The largest absolute Gasteiger partial charge is 0.491 e. The Labute approximate surface area is 95.0 Å². The van der Waals surface area contributed by atoms with E-state index in [4.69, 9.17) is 27.9 Å². The van der Waals surface area contributed by atoms with Gasteiger partial charge in [-0.2, -0.15) is 0 Å². The predicted octanol–water partition coefficient (Wildman–Crippen LogP) is 4.52. The number of rotatable bonds is 3. The fourth-order valence-corrected chi connectivity index (χ4v) is 1.97. The minimum atomic E-state index is 0.374. The molecule has 0 radical (unpaired) electrons. The standard InChI is InChI=1S/C11H14Cl2O/c1-4-14-11-9(12)6-5-8(7(2)3)10(11)13/h5-7H,4H2,1-3H3. The van der Waals surface area contributed by atoms with Gasteiger partial charge in [-0.25, -0.2) is 0 Å². The van der Waals surface area contributed by atoms with Gasteiger partial charge in [0.25, 0.3) is 0 Å². The van der Waals surface area contributed by atoms with Gasteiger partial charge in [0.15, 0.2) is 5.75 Å². The summed E-state index contributed by atoms with van der Waals surface area (Å²) in [4.78, 5) is 0. The van der Waals surface area contributed by atoms with Gasteiger partial charge in [0.1, 0.15) is 0 Å². The van der Waals surface area contributed by atoms with Crippen molar-refractivity contribution in [3.05, 3.63) is 27.7 Å².